The third-order valence-electron chi connectivity index (χ3n) is 4.29. The van der Waals surface area contributed by atoms with Gasteiger partial charge in [0, 0.05) is 19.1 Å². The van der Waals surface area contributed by atoms with Crippen molar-refractivity contribution in [1.29, 1.82) is 0 Å². The maximum absolute atomic E-state index is 12.0. The van der Waals surface area contributed by atoms with Gasteiger partial charge in [-0.05, 0) is 79.5 Å². The summed E-state index contributed by atoms with van der Waals surface area (Å²) in [7, 11) is 4.02. The molecule has 0 unspecified atom stereocenters. The number of phenolic OH excluding ortho intramolecular Hbond substituents is 1. The molecule has 0 fully saturated rings. The SMILES string of the molecule is Cc1cc(O)ccc1C[C@@H](CNC(=O)NCCc1ccsc1)N(C)C. The molecule has 0 radical (unpaired) electrons. The Morgan fingerprint density at radius 1 is 1.28 bits per heavy atom. The van der Waals surface area contributed by atoms with E-state index in [1.54, 1.807) is 23.5 Å². The minimum atomic E-state index is -0.135. The highest BCUT2D eigenvalue weighted by atomic mass is 32.1. The topological polar surface area (TPSA) is 64.6 Å². The van der Waals surface area contributed by atoms with Gasteiger partial charge in [-0.1, -0.05) is 6.07 Å². The second-order valence-corrected chi connectivity index (χ2v) is 7.23. The summed E-state index contributed by atoms with van der Waals surface area (Å²) < 4.78 is 0. The molecular weight excluding hydrogens is 334 g/mol. The molecule has 2 amide bonds. The third-order valence-corrected chi connectivity index (χ3v) is 5.02. The zero-order valence-electron chi connectivity index (χ0n) is 15.1. The first-order valence-corrected chi connectivity index (χ1v) is 9.37. The fourth-order valence-corrected chi connectivity index (χ4v) is 3.33. The molecule has 1 aromatic carbocycles. The van der Waals surface area contributed by atoms with E-state index < -0.39 is 0 Å². The summed E-state index contributed by atoms with van der Waals surface area (Å²) in [5, 5.41) is 19.5. The van der Waals surface area contributed by atoms with E-state index in [0.717, 1.165) is 18.4 Å². The number of nitrogens with zero attached hydrogens (tertiary/aromatic N) is 1. The van der Waals surface area contributed by atoms with Crippen LogP contribution in [0.3, 0.4) is 0 Å². The summed E-state index contributed by atoms with van der Waals surface area (Å²) in [5.74, 6) is 0.283. The van der Waals surface area contributed by atoms with Gasteiger partial charge in [0.2, 0.25) is 0 Å². The third kappa shape index (κ3) is 6.40. The van der Waals surface area contributed by atoms with Crippen molar-refractivity contribution in [3.8, 4) is 5.75 Å². The lowest BCUT2D eigenvalue weighted by Crippen LogP contribution is -2.45. The van der Waals surface area contributed by atoms with Gasteiger partial charge in [0.05, 0.1) is 0 Å². The molecule has 0 aliphatic carbocycles. The minimum Gasteiger partial charge on any atom is -0.508 e. The van der Waals surface area contributed by atoms with Gasteiger partial charge in [-0.15, -0.1) is 0 Å². The van der Waals surface area contributed by atoms with Crippen LogP contribution in [0.5, 0.6) is 5.75 Å². The molecule has 0 aliphatic heterocycles. The number of aryl methyl sites for hydroxylation is 1. The number of nitrogens with one attached hydrogen (secondary N) is 2. The maximum atomic E-state index is 12.0. The van der Waals surface area contributed by atoms with Crippen LogP contribution in [0.15, 0.2) is 35.0 Å². The van der Waals surface area contributed by atoms with Gasteiger partial charge in [-0.2, -0.15) is 11.3 Å². The Balaban J connectivity index is 1.79. The van der Waals surface area contributed by atoms with E-state index >= 15 is 0 Å². The van der Waals surface area contributed by atoms with Crippen LogP contribution >= 0.6 is 11.3 Å². The highest BCUT2D eigenvalue weighted by Gasteiger charge is 2.15. The molecule has 3 N–H and O–H groups in total. The fourth-order valence-electron chi connectivity index (χ4n) is 2.63. The van der Waals surface area contributed by atoms with Gasteiger partial charge in [0.15, 0.2) is 0 Å². The normalized spacial score (nSPS) is 12.2. The standard InChI is InChI=1S/C19H27N3O2S/c1-14-10-18(23)5-4-16(14)11-17(22(2)3)12-21-19(24)20-8-6-15-7-9-25-13-15/h4-5,7,9-10,13,17,23H,6,8,11-12H2,1-3H3,(H2,20,21,24)/t17-/m0/s1. The van der Waals surface area contributed by atoms with Gasteiger partial charge in [0.1, 0.15) is 5.75 Å². The number of carbonyl (C=O) groups is 1. The number of hydrogen-bond donors (Lipinski definition) is 3. The quantitative estimate of drug-likeness (QED) is 0.677. The van der Waals surface area contributed by atoms with E-state index in [1.807, 2.05) is 32.5 Å². The molecule has 0 saturated heterocycles. The summed E-state index contributed by atoms with van der Waals surface area (Å²) in [6.45, 7) is 3.19. The molecular formula is C19H27N3O2S. The highest BCUT2D eigenvalue weighted by molar-refractivity contribution is 7.07. The summed E-state index contributed by atoms with van der Waals surface area (Å²) in [6, 6.07) is 7.55. The molecule has 0 bridgehead atoms. The molecule has 6 heteroatoms. The fraction of sp³-hybridized carbons (Fsp3) is 0.421. The first-order chi connectivity index (χ1) is 12.0. The van der Waals surface area contributed by atoms with Gasteiger partial charge in [-0.25, -0.2) is 4.79 Å². The van der Waals surface area contributed by atoms with Gasteiger partial charge in [-0.3, -0.25) is 0 Å². The van der Waals surface area contributed by atoms with Crippen LogP contribution in [-0.4, -0.2) is 49.3 Å². The first kappa shape index (κ1) is 19.3. The number of phenols is 1. The summed E-state index contributed by atoms with van der Waals surface area (Å²) in [5.41, 5.74) is 3.49. The highest BCUT2D eigenvalue weighted by Crippen LogP contribution is 2.18. The number of benzene rings is 1. The molecule has 1 aromatic heterocycles. The first-order valence-electron chi connectivity index (χ1n) is 8.43. The van der Waals surface area contributed by atoms with E-state index in [0.29, 0.717) is 13.1 Å². The number of carbonyl (C=O) groups excluding carboxylic acids is 1. The van der Waals surface area contributed by atoms with Crippen molar-refractivity contribution in [2.75, 3.05) is 27.2 Å². The molecule has 0 aliphatic rings. The van der Waals surface area contributed by atoms with E-state index in [2.05, 4.69) is 27.0 Å². The van der Waals surface area contributed by atoms with Crippen molar-refractivity contribution >= 4 is 17.4 Å². The Hall–Kier alpha value is -2.05. The van der Waals surface area contributed by atoms with Crippen molar-refractivity contribution < 1.29 is 9.90 Å². The number of likely N-dealkylation sites (N-methyl/N-ethyl adjacent to an activating group) is 1. The van der Waals surface area contributed by atoms with Gasteiger partial charge >= 0.3 is 6.03 Å². The van der Waals surface area contributed by atoms with Crippen molar-refractivity contribution in [3.63, 3.8) is 0 Å². The molecule has 1 atom stereocenters. The summed E-state index contributed by atoms with van der Waals surface area (Å²) in [6.07, 6.45) is 1.66. The van der Waals surface area contributed by atoms with Crippen LogP contribution < -0.4 is 10.6 Å². The molecule has 2 aromatic rings. The second kappa shape index (κ2) is 9.44. The molecule has 25 heavy (non-hydrogen) atoms. The predicted molar refractivity (Wildman–Crippen MR) is 103 cm³/mol. The van der Waals surface area contributed by atoms with Crippen LogP contribution in [0.4, 0.5) is 4.79 Å². The van der Waals surface area contributed by atoms with E-state index in [-0.39, 0.29) is 17.8 Å². The van der Waals surface area contributed by atoms with Crippen LogP contribution in [0, 0.1) is 6.92 Å². The molecule has 136 valence electrons. The average molecular weight is 362 g/mol. The molecule has 0 spiro atoms. The lowest BCUT2D eigenvalue weighted by atomic mass is 10.00. The molecule has 5 nitrogen and oxygen atoms in total. The van der Waals surface area contributed by atoms with Gasteiger partial charge in [0.25, 0.3) is 0 Å². The Labute approximate surface area is 153 Å². The van der Waals surface area contributed by atoms with E-state index in [9.17, 15) is 9.90 Å². The van der Waals surface area contributed by atoms with Crippen molar-refractivity contribution in [2.24, 2.45) is 0 Å². The zero-order valence-corrected chi connectivity index (χ0v) is 15.9. The number of aromatic hydroxyl groups is 1. The van der Waals surface area contributed by atoms with Crippen LogP contribution in [0.1, 0.15) is 16.7 Å². The summed E-state index contributed by atoms with van der Waals surface area (Å²) >= 11 is 1.67. The average Bonchev–Trinajstić information content (AvgIpc) is 3.06. The second-order valence-electron chi connectivity index (χ2n) is 6.45. The Morgan fingerprint density at radius 3 is 2.72 bits per heavy atom. The van der Waals surface area contributed by atoms with Crippen molar-refractivity contribution in [1.82, 2.24) is 15.5 Å². The molecule has 1 heterocycles. The number of urea groups is 1. The lowest BCUT2D eigenvalue weighted by Gasteiger charge is -2.25. The van der Waals surface area contributed by atoms with Crippen molar-refractivity contribution in [3.05, 3.63) is 51.7 Å². The Kier molecular flexibility index (Phi) is 7.28. The van der Waals surface area contributed by atoms with Crippen molar-refractivity contribution in [2.45, 2.75) is 25.8 Å². The number of hydrogen-bond acceptors (Lipinski definition) is 4. The van der Waals surface area contributed by atoms with Crippen LogP contribution in [-0.2, 0) is 12.8 Å². The maximum Gasteiger partial charge on any atom is 0.314 e. The number of rotatable bonds is 8. The zero-order chi connectivity index (χ0) is 18.2. The number of thiophene rings is 1. The Bertz CT molecular complexity index is 671. The lowest BCUT2D eigenvalue weighted by molar-refractivity contribution is 0.232. The monoisotopic (exact) mass is 361 g/mol. The van der Waals surface area contributed by atoms with E-state index in [4.69, 9.17) is 0 Å². The van der Waals surface area contributed by atoms with Crippen LogP contribution in [0.2, 0.25) is 0 Å². The smallest absolute Gasteiger partial charge is 0.314 e. The van der Waals surface area contributed by atoms with E-state index in [1.165, 1.54) is 11.1 Å². The van der Waals surface area contributed by atoms with Gasteiger partial charge < -0.3 is 20.6 Å². The number of amides is 2. The largest absolute Gasteiger partial charge is 0.508 e. The van der Waals surface area contributed by atoms with Crippen LogP contribution in [0.25, 0.3) is 0 Å². The Morgan fingerprint density at radius 2 is 2.08 bits per heavy atom. The molecule has 0 saturated carbocycles. The molecule has 2 rings (SSSR count). The predicted octanol–water partition coefficient (Wildman–Crippen LogP) is 2.78. The minimum absolute atomic E-state index is 0.135. The summed E-state index contributed by atoms with van der Waals surface area (Å²) in [4.78, 5) is 14.1.